The molecule has 37 heavy (non-hydrogen) atoms. The van der Waals surface area contributed by atoms with Gasteiger partial charge in [-0.3, -0.25) is 4.79 Å². The van der Waals surface area contributed by atoms with E-state index in [0.29, 0.717) is 24.5 Å². The molecule has 1 N–H and O–H groups in total. The third-order valence-corrected chi connectivity index (χ3v) is 6.61. The molecule has 4 rings (SSSR count). The summed E-state index contributed by atoms with van der Waals surface area (Å²) in [5.74, 6) is 2.74. The first-order chi connectivity index (χ1) is 18.1. The number of methoxy groups -OCH3 is 1. The number of imidazole rings is 1. The van der Waals surface area contributed by atoms with Gasteiger partial charge in [0.15, 0.2) is 0 Å². The van der Waals surface area contributed by atoms with Crippen molar-refractivity contribution in [1.82, 2.24) is 14.9 Å². The summed E-state index contributed by atoms with van der Waals surface area (Å²) in [7, 11) is 1.60. The van der Waals surface area contributed by atoms with Gasteiger partial charge in [-0.25, -0.2) is 4.98 Å². The first-order valence-electron chi connectivity index (χ1n) is 13.1. The molecule has 6 nitrogen and oxygen atoms in total. The fourth-order valence-corrected chi connectivity index (χ4v) is 4.64. The molecule has 0 saturated heterocycles. The van der Waals surface area contributed by atoms with Gasteiger partial charge in [0.2, 0.25) is 0 Å². The van der Waals surface area contributed by atoms with E-state index in [1.807, 2.05) is 18.2 Å². The van der Waals surface area contributed by atoms with Crippen LogP contribution in [-0.4, -0.2) is 35.7 Å². The number of fused-ring (bicyclic) bond motifs is 1. The van der Waals surface area contributed by atoms with Crippen molar-refractivity contribution in [1.29, 1.82) is 0 Å². The van der Waals surface area contributed by atoms with Gasteiger partial charge in [-0.05, 0) is 74.6 Å². The lowest BCUT2D eigenvalue weighted by atomic mass is 10.1. The summed E-state index contributed by atoms with van der Waals surface area (Å²) in [5, 5.41) is 3.01. The smallest absolute Gasteiger partial charge is 0.251 e. The molecule has 194 valence electrons. The second-order valence-corrected chi connectivity index (χ2v) is 9.39. The zero-order valence-corrected chi connectivity index (χ0v) is 22.1. The van der Waals surface area contributed by atoms with E-state index in [0.717, 1.165) is 55.7 Å². The minimum atomic E-state index is -0.0659. The molecular formula is C31H37N3O3. The molecule has 0 fully saturated rings. The Morgan fingerprint density at radius 3 is 2.51 bits per heavy atom. The molecule has 6 heteroatoms. The highest BCUT2D eigenvalue weighted by Gasteiger charge is 2.11. The predicted octanol–water partition coefficient (Wildman–Crippen LogP) is 6.27. The lowest BCUT2D eigenvalue weighted by Crippen LogP contribution is -2.24. The van der Waals surface area contributed by atoms with Gasteiger partial charge in [-0.1, -0.05) is 42.8 Å². The number of nitrogens with one attached hydrogen (secondary N) is 1. The third kappa shape index (κ3) is 6.91. The Labute approximate surface area is 219 Å². The van der Waals surface area contributed by atoms with Crippen molar-refractivity contribution in [3.8, 4) is 11.5 Å². The van der Waals surface area contributed by atoms with Crippen LogP contribution < -0.4 is 14.8 Å². The maximum Gasteiger partial charge on any atom is 0.251 e. The number of unbranched alkanes of at least 4 members (excludes halogenated alkanes) is 2. The molecular weight excluding hydrogens is 462 g/mol. The van der Waals surface area contributed by atoms with Crippen LogP contribution in [0.1, 0.15) is 53.0 Å². The predicted molar refractivity (Wildman–Crippen MR) is 149 cm³/mol. The molecule has 0 spiro atoms. The van der Waals surface area contributed by atoms with Crippen molar-refractivity contribution < 1.29 is 14.3 Å². The molecule has 4 aromatic rings. The Balaban J connectivity index is 1.25. The number of aromatic nitrogens is 2. The normalized spacial score (nSPS) is 11.0. The number of para-hydroxylation sites is 3. The Kier molecular flexibility index (Phi) is 9.19. The Morgan fingerprint density at radius 1 is 0.919 bits per heavy atom. The molecule has 1 amide bonds. The zero-order valence-electron chi connectivity index (χ0n) is 22.1. The quantitative estimate of drug-likeness (QED) is 0.220. The standard InChI is InChI=1S/C31H37N3O3/c1-23-12-9-13-24(2)30(23)37-21-11-20-34-28-17-7-6-16-27(28)33-29(34)18-5-4-8-19-32-31(35)25-14-10-15-26(22-25)36-3/h6-7,9-10,12-17,22H,4-5,8,11,18-21H2,1-3H3,(H,32,35). The molecule has 0 bridgehead atoms. The maximum absolute atomic E-state index is 12.4. The number of amides is 1. The van der Waals surface area contributed by atoms with E-state index in [-0.39, 0.29) is 5.91 Å². The fraction of sp³-hybridized carbons (Fsp3) is 0.355. The first kappa shape index (κ1) is 26.3. The van der Waals surface area contributed by atoms with E-state index in [1.54, 1.807) is 19.2 Å². The SMILES string of the molecule is COc1cccc(C(=O)NCCCCCc2nc3ccccc3n2CCCOc2c(C)cccc2C)c1. The van der Waals surface area contributed by atoms with Gasteiger partial charge in [0.25, 0.3) is 5.91 Å². The monoisotopic (exact) mass is 499 g/mol. The van der Waals surface area contributed by atoms with Gasteiger partial charge in [0, 0.05) is 25.1 Å². The lowest BCUT2D eigenvalue weighted by Gasteiger charge is -2.13. The lowest BCUT2D eigenvalue weighted by molar-refractivity contribution is 0.0952. The van der Waals surface area contributed by atoms with Gasteiger partial charge in [0.05, 0.1) is 24.8 Å². The molecule has 1 heterocycles. The third-order valence-electron chi connectivity index (χ3n) is 6.61. The van der Waals surface area contributed by atoms with E-state index in [1.165, 1.54) is 16.6 Å². The number of hydrogen-bond acceptors (Lipinski definition) is 4. The van der Waals surface area contributed by atoms with Crippen LogP contribution in [0.25, 0.3) is 11.0 Å². The number of rotatable bonds is 13. The van der Waals surface area contributed by atoms with Crippen LogP contribution in [0.5, 0.6) is 11.5 Å². The summed E-state index contributed by atoms with van der Waals surface area (Å²) < 4.78 is 13.7. The molecule has 0 aliphatic rings. The van der Waals surface area contributed by atoms with Gasteiger partial charge >= 0.3 is 0 Å². The number of carbonyl (C=O) groups is 1. The average Bonchev–Trinajstić information content (AvgIpc) is 3.27. The minimum Gasteiger partial charge on any atom is -0.497 e. The first-order valence-corrected chi connectivity index (χ1v) is 13.1. The largest absolute Gasteiger partial charge is 0.497 e. The summed E-state index contributed by atoms with van der Waals surface area (Å²) in [6.45, 7) is 6.38. The molecule has 1 aromatic heterocycles. The van der Waals surface area contributed by atoms with Crippen molar-refractivity contribution in [3.05, 3.63) is 89.2 Å². The van der Waals surface area contributed by atoms with Crippen molar-refractivity contribution in [2.24, 2.45) is 0 Å². The highest BCUT2D eigenvalue weighted by atomic mass is 16.5. The van der Waals surface area contributed by atoms with E-state index in [4.69, 9.17) is 14.5 Å². The number of benzene rings is 3. The van der Waals surface area contributed by atoms with Crippen molar-refractivity contribution in [2.75, 3.05) is 20.3 Å². The van der Waals surface area contributed by atoms with Crippen LogP contribution in [0.2, 0.25) is 0 Å². The highest BCUT2D eigenvalue weighted by molar-refractivity contribution is 5.94. The van der Waals surface area contributed by atoms with Crippen LogP contribution in [0.15, 0.2) is 66.7 Å². The molecule has 0 radical (unpaired) electrons. The molecule has 0 aliphatic heterocycles. The van der Waals surface area contributed by atoms with Crippen LogP contribution >= 0.6 is 0 Å². The van der Waals surface area contributed by atoms with Crippen molar-refractivity contribution in [2.45, 2.75) is 52.5 Å². The van der Waals surface area contributed by atoms with E-state index in [9.17, 15) is 4.79 Å². The van der Waals surface area contributed by atoms with E-state index < -0.39 is 0 Å². The number of carbonyl (C=O) groups excluding carboxylic acids is 1. The highest BCUT2D eigenvalue weighted by Crippen LogP contribution is 2.23. The summed E-state index contributed by atoms with van der Waals surface area (Å²) in [6, 6.07) is 21.8. The van der Waals surface area contributed by atoms with Crippen molar-refractivity contribution >= 4 is 16.9 Å². The van der Waals surface area contributed by atoms with Crippen LogP contribution in [-0.2, 0) is 13.0 Å². The molecule has 0 saturated carbocycles. The van der Waals surface area contributed by atoms with Gasteiger partial charge in [0.1, 0.15) is 17.3 Å². The topological polar surface area (TPSA) is 65.4 Å². The number of ether oxygens (including phenoxy) is 2. The van der Waals surface area contributed by atoms with Gasteiger partial charge < -0.3 is 19.4 Å². The zero-order chi connectivity index (χ0) is 26.0. The van der Waals surface area contributed by atoms with Gasteiger partial charge in [-0.2, -0.15) is 0 Å². The number of hydrogen-bond donors (Lipinski definition) is 1. The summed E-state index contributed by atoms with van der Waals surface area (Å²) in [6.07, 6.45) is 4.81. The Hall–Kier alpha value is -3.80. The summed E-state index contributed by atoms with van der Waals surface area (Å²) >= 11 is 0. The van der Waals surface area contributed by atoms with Crippen molar-refractivity contribution in [3.63, 3.8) is 0 Å². The van der Waals surface area contributed by atoms with E-state index >= 15 is 0 Å². The van der Waals surface area contributed by atoms with Crippen LogP contribution in [0, 0.1) is 13.8 Å². The second-order valence-electron chi connectivity index (χ2n) is 9.39. The summed E-state index contributed by atoms with van der Waals surface area (Å²) in [4.78, 5) is 17.3. The average molecular weight is 500 g/mol. The number of aryl methyl sites for hydroxylation is 4. The Bertz CT molecular complexity index is 1310. The molecule has 0 unspecified atom stereocenters. The molecule has 0 atom stereocenters. The Morgan fingerprint density at radius 2 is 1.70 bits per heavy atom. The summed E-state index contributed by atoms with van der Waals surface area (Å²) in [5.41, 5.74) is 5.19. The van der Waals surface area contributed by atoms with Gasteiger partial charge in [-0.15, -0.1) is 0 Å². The maximum atomic E-state index is 12.4. The van der Waals surface area contributed by atoms with E-state index in [2.05, 4.69) is 60.1 Å². The van der Waals surface area contributed by atoms with Crippen LogP contribution in [0.4, 0.5) is 0 Å². The minimum absolute atomic E-state index is 0.0659. The molecule has 3 aromatic carbocycles. The fourth-order valence-electron chi connectivity index (χ4n) is 4.64. The number of nitrogens with zero attached hydrogens (tertiary/aromatic N) is 2. The molecule has 0 aliphatic carbocycles. The van der Waals surface area contributed by atoms with Crippen LogP contribution in [0.3, 0.4) is 0 Å². The second kappa shape index (κ2) is 12.9.